The summed E-state index contributed by atoms with van der Waals surface area (Å²) in [5, 5.41) is 6.58. The lowest BCUT2D eigenvalue weighted by molar-refractivity contribution is 0.179. The van der Waals surface area contributed by atoms with Crippen molar-refractivity contribution < 1.29 is 4.74 Å². The van der Waals surface area contributed by atoms with Gasteiger partial charge in [-0.05, 0) is 25.5 Å². The van der Waals surface area contributed by atoms with E-state index in [1.165, 1.54) is 9.75 Å². The van der Waals surface area contributed by atoms with Crippen LogP contribution in [0.4, 0.5) is 0 Å². The number of hydrogen-bond acceptors (Lipinski definition) is 3. The Labute approximate surface area is 137 Å². The van der Waals surface area contributed by atoms with Crippen molar-refractivity contribution in [2.45, 2.75) is 32.9 Å². The van der Waals surface area contributed by atoms with Crippen LogP contribution in [0.5, 0.6) is 0 Å². The fraction of sp³-hybridized carbons (Fsp3) is 0.615. The van der Waals surface area contributed by atoms with Crippen LogP contribution < -0.4 is 10.6 Å². The van der Waals surface area contributed by atoms with Crippen molar-refractivity contribution >= 4 is 41.3 Å². The van der Waals surface area contributed by atoms with Gasteiger partial charge in [0.15, 0.2) is 5.96 Å². The predicted octanol–water partition coefficient (Wildman–Crippen LogP) is 2.63. The fourth-order valence-electron chi connectivity index (χ4n) is 1.60. The van der Waals surface area contributed by atoms with Crippen molar-refractivity contribution in [3.8, 4) is 0 Å². The molecule has 0 aliphatic rings. The van der Waals surface area contributed by atoms with Gasteiger partial charge in [-0.1, -0.05) is 6.92 Å². The summed E-state index contributed by atoms with van der Waals surface area (Å²) in [7, 11) is 3.48. The van der Waals surface area contributed by atoms with Crippen molar-refractivity contribution in [1.29, 1.82) is 0 Å². The molecule has 0 radical (unpaired) electrons. The molecule has 110 valence electrons. The second kappa shape index (κ2) is 10.4. The SMILES string of the molecule is CCc1ccc(CNC(=NC)NC(C)COC)s1.I. The van der Waals surface area contributed by atoms with Crippen LogP contribution in [0.2, 0.25) is 0 Å². The molecule has 0 aliphatic heterocycles. The number of aliphatic imine (C=N–C) groups is 1. The van der Waals surface area contributed by atoms with E-state index in [0.29, 0.717) is 6.61 Å². The Morgan fingerprint density at radius 2 is 2.11 bits per heavy atom. The van der Waals surface area contributed by atoms with Gasteiger partial charge in [-0.25, -0.2) is 0 Å². The molecule has 0 bridgehead atoms. The normalized spacial score (nSPS) is 12.7. The summed E-state index contributed by atoms with van der Waals surface area (Å²) in [5.41, 5.74) is 0. The van der Waals surface area contributed by atoms with Gasteiger partial charge < -0.3 is 15.4 Å². The largest absolute Gasteiger partial charge is 0.383 e. The molecule has 0 saturated carbocycles. The zero-order chi connectivity index (χ0) is 13.4. The van der Waals surface area contributed by atoms with Crippen LogP contribution in [0, 0.1) is 0 Å². The molecule has 1 atom stereocenters. The topological polar surface area (TPSA) is 45.7 Å². The molecule has 0 fully saturated rings. The van der Waals surface area contributed by atoms with E-state index in [1.807, 2.05) is 11.3 Å². The van der Waals surface area contributed by atoms with E-state index in [9.17, 15) is 0 Å². The second-order valence-electron chi connectivity index (χ2n) is 4.15. The summed E-state index contributed by atoms with van der Waals surface area (Å²) in [4.78, 5) is 6.94. The molecule has 1 heterocycles. The number of halogens is 1. The van der Waals surface area contributed by atoms with Crippen LogP contribution in [0.15, 0.2) is 17.1 Å². The van der Waals surface area contributed by atoms with Gasteiger partial charge in [-0.3, -0.25) is 4.99 Å². The van der Waals surface area contributed by atoms with Crippen LogP contribution in [0.25, 0.3) is 0 Å². The lowest BCUT2D eigenvalue weighted by Gasteiger charge is -2.16. The minimum Gasteiger partial charge on any atom is -0.383 e. The molecule has 19 heavy (non-hydrogen) atoms. The Morgan fingerprint density at radius 1 is 1.42 bits per heavy atom. The first-order valence-corrected chi connectivity index (χ1v) is 7.05. The van der Waals surface area contributed by atoms with Gasteiger partial charge >= 0.3 is 0 Å². The van der Waals surface area contributed by atoms with Crippen molar-refractivity contribution in [2.24, 2.45) is 4.99 Å². The van der Waals surface area contributed by atoms with E-state index in [1.54, 1.807) is 14.2 Å². The number of ether oxygens (including phenoxy) is 1. The smallest absolute Gasteiger partial charge is 0.191 e. The van der Waals surface area contributed by atoms with E-state index in [0.717, 1.165) is 18.9 Å². The highest BCUT2D eigenvalue weighted by Crippen LogP contribution is 2.16. The Balaban J connectivity index is 0.00000324. The van der Waals surface area contributed by atoms with Gasteiger partial charge in [0.25, 0.3) is 0 Å². The van der Waals surface area contributed by atoms with Gasteiger partial charge in [0.1, 0.15) is 0 Å². The number of hydrogen-bond donors (Lipinski definition) is 2. The molecule has 2 N–H and O–H groups in total. The molecule has 4 nitrogen and oxygen atoms in total. The maximum Gasteiger partial charge on any atom is 0.191 e. The van der Waals surface area contributed by atoms with Crippen LogP contribution in [0.3, 0.4) is 0 Å². The summed E-state index contributed by atoms with van der Waals surface area (Å²) in [6.07, 6.45) is 1.10. The van der Waals surface area contributed by atoms with Crippen LogP contribution in [-0.4, -0.2) is 32.8 Å². The van der Waals surface area contributed by atoms with Crippen molar-refractivity contribution in [2.75, 3.05) is 20.8 Å². The number of methoxy groups -OCH3 is 1. The van der Waals surface area contributed by atoms with Crippen LogP contribution in [0.1, 0.15) is 23.6 Å². The third kappa shape index (κ3) is 7.12. The molecule has 1 aromatic heterocycles. The summed E-state index contributed by atoms with van der Waals surface area (Å²) >= 11 is 1.84. The monoisotopic (exact) mass is 397 g/mol. The second-order valence-corrected chi connectivity index (χ2v) is 5.40. The highest BCUT2D eigenvalue weighted by molar-refractivity contribution is 14.0. The molecular formula is C13H24IN3OS. The maximum atomic E-state index is 5.09. The first kappa shape index (κ1) is 18.7. The zero-order valence-corrected chi connectivity index (χ0v) is 15.2. The lowest BCUT2D eigenvalue weighted by atomic mass is 10.3. The molecule has 1 rings (SSSR count). The average Bonchev–Trinajstić information content (AvgIpc) is 2.82. The van der Waals surface area contributed by atoms with Gasteiger partial charge in [0, 0.05) is 30.0 Å². The summed E-state index contributed by atoms with van der Waals surface area (Å²) < 4.78 is 5.09. The third-order valence-electron chi connectivity index (χ3n) is 2.52. The number of guanidine groups is 1. The van der Waals surface area contributed by atoms with E-state index in [-0.39, 0.29) is 30.0 Å². The highest BCUT2D eigenvalue weighted by Gasteiger charge is 2.05. The number of rotatable bonds is 6. The number of nitrogens with zero attached hydrogens (tertiary/aromatic N) is 1. The molecule has 0 amide bonds. The van der Waals surface area contributed by atoms with E-state index < -0.39 is 0 Å². The fourth-order valence-corrected chi connectivity index (χ4v) is 2.50. The molecule has 0 aromatic carbocycles. The van der Waals surface area contributed by atoms with Crippen LogP contribution >= 0.6 is 35.3 Å². The summed E-state index contributed by atoms with van der Waals surface area (Å²) in [6.45, 7) is 5.72. The Bertz CT molecular complexity index is 382. The summed E-state index contributed by atoms with van der Waals surface area (Å²) in [5.74, 6) is 0.811. The van der Waals surface area contributed by atoms with Crippen molar-refractivity contribution in [3.63, 3.8) is 0 Å². The van der Waals surface area contributed by atoms with Crippen molar-refractivity contribution in [1.82, 2.24) is 10.6 Å². The molecule has 0 aliphatic carbocycles. The lowest BCUT2D eigenvalue weighted by Crippen LogP contribution is -2.43. The van der Waals surface area contributed by atoms with E-state index in [4.69, 9.17) is 4.74 Å². The number of aryl methyl sites for hydroxylation is 1. The van der Waals surface area contributed by atoms with Gasteiger partial charge in [0.05, 0.1) is 13.2 Å². The van der Waals surface area contributed by atoms with E-state index >= 15 is 0 Å². The first-order valence-electron chi connectivity index (χ1n) is 6.23. The first-order chi connectivity index (χ1) is 8.69. The standard InChI is InChI=1S/C13H23N3OS.HI/c1-5-11-6-7-12(18-11)8-15-13(14-3)16-10(2)9-17-4;/h6-7,10H,5,8-9H2,1-4H3,(H2,14,15,16);1H. The highest BCUT2D eigenvalue weighted by atomic mass is 127. The molecular weight excluding hydrogens is 373 g/mol. The number of thiophene rings is 1. The Hall–Kier alpha value is -0.340. The van der Waals surface area contributed by atoms with Crippen molar-refractivity contribution in [3.05, 3.63) is 21.9 Å². The van der Waals surface area contributed by atoms with Gasteiger partial charge in [0.2, 0.25) is 0 Å². The van der Waals surface area contributed by atoms with E-state index in [2.05, 4.69) is 41.6 Å². The third-order valence-corrected chi connectivity index (χ3v) is 3.75. The molecule has 1 unspecified atom stereocenters. The minimum atomic E-state index is 0. The van der Waals surface area contributed by atoms with Gasteiger partial charge in [-0.2, -0.15) is 0 Å². The molecule has 1 aromatic rings. The summed E-state index contributed by atoms with van der Waals surface area (Å²) in [6, 6.07) is 4.60. The Kier molecular flexibility index (Phi) is 10.3. The zero-order valence-electron chi connectivity index (χ0n) is 12.0. The van der Waals surface area contributed by atoms with Gasteiger partial charge in [-0.15, -0.1) is 35.3 Å². The maximum absolute atomic E-state index is 5.09. The number of nitrogens with one attached hydrogen (secondary N) is 2. The predicted molar refractivity (Wildman–Crippen MR) is 93.8 cm³/mol. The average molecular weight is 397 g/mol. The minimum absolute atomic E-state index is 0. The molecule has 0 saturated heterocycles. The quantitative estimate of drug-likeness (QED) is 0.441. The molecule has 6 heteroatoms. The Morgan fingerprint density at radius 3 is 2.63 bits per heavy atom. The van der Waals surface area contributed by atoms with Crippen LogP contribution in [-0.2, 0) is 17.7 Å². The molecule has 0 spiro atoms.